The molecule has 1 unspecified atom stereocenters. The molecule has 0 bridgehead atoms. The Hall–Kier alpha value is -1.06. The van der Waals surface area contributed by atoms with Gasteiger partial charge in [0, 0.05) is 0 Å². The van der Waals surface area contributed by atoms with Crippen molar-refractivity contribution in [2.24, 2.45) is 0 Å². The van der Waals surface area contributed by atoms with Gasteiger partial charge in [0.15, 0.2) is 0 Å². The molecule has 0 heterocycles. The van der Waals surface area contributed by atoms with Crippen molar-refractivity contribution in [3.63, 3.8) is 0 Å². The van der Waals surface area contributed by atoms with Crippen LogP contribution in [-0.2, 0) is 5.41 Å². The molecule has 0 radical (unpaired) electrons. The third kappa shape index (κ3) is 5.49. The van der Waals surface area contributed by atoms with Crippen LogP contribution in [0, 0.1) is 0 Å². The fourth-order valence-electron chi connectivity index (χ4n) is 3.59. The molecule has 1 aliphatic carbocycles. The third-order valence-corrected chi connectivity index (χ3v) is 5.82. The number of rotatable bonds is 8. The first-order valence-electron chi connectivity index (χ1n) is 9.66. The molecule has 3 nitrogen and oxygen atoms in total. The summed E-state index contributed by atoms with van der Waals surface area (Å²) in [7, 11) is 2.21. The van der Waals surface area contributed by atoms with Crippen LogP contribution in [0.5, 0.6) is 5.75 Å². The number of ether oxygens (including phenoxy) is 1. The minimum Gasteiger partial charge on any atom is -0.491 e. The Morgan fingerprint density at radius 2 is 1.79 bits per heavy atom. The zero-order valence-electron chi connectivity index (χ0n) is 16.0. The van der Waals surface area contributed by atoms with E-state index in [0.29, 0.717) is 12.6 Å². The molecule has 2 rings (SSSR count). The molecule has 0 aromatic heterocycles. The Balaban J connectivity index is 1.77. The van der Waals surface area contributed by atoms with Crippen LogP contribution >= 0.6 is 0 Å². The molecule has 3 heteroatoms. The van der Waals surface area contributed by atoms with Gasteiger partial charge in [-0.25, -0.2) is 0 Å². The first-order chi connectivity index (χ1) is 11.4. The number of benzene rings is 1. The van der Waals surface area contributed by atoms with Crippen molar-refractivity contribution in [1.29, 1.82) is 0 Å². The molecule has 24 heavy (non-hydrogen) atoms. The molecule has 2 atom stereocenters. The van der Waals surface area contributed by atoms with Gasteiger partial charge in [0.2, 0.25) is 0 Å². The van der Waals surface area contributed by atoms with Gasteiger partial charge in [-0.15, -0.1) is 0 Å². The Morgan fingerprint density at radius 1 is 1.17 bits per heavy atom. The highest BCUT2D eigenvalue weighted by molar-refractivity contribution is 5.31. The van der Waals surface area contributed by atoms with E-state index in [0.717, 1.165) is 18.7 Å². The molecule has 0 saturated heterocycles. The van der Waals surface area contributed by atoms with Crippen LogP contribution in [0.25, 0.3) is 0 Å². The van der Waals surface area contributed by atoms with E-state index in [1.54, 1.807) is 0 Å². The molecule has 0 aliphatic heterocycles. The highest BCUT2D eigenvalue weighted by atomic mass is 16.5. The van der Waals surface area contributed by atoms with E-state index in [1.807, 2.05) is 12.1 Å². The van der Waals surface area contributed by atoms with E-state index in [4.69, 9.17) is 4.74 Å². The van der Waals surface area contributed by atoms with E-state index in [-0.39, 0.29) is 5.41 Å². The number of nitrogens with one attached hydrogen (secondary N) is 1. The van der Waals surface area contributed by atoms with Crippen molar-refractivity contribution in [1.82, 2.24) is 0 Å². The zero-order chi connectivity index (χ0) is 17.6. The van der Waals surface area contributed by atoms with E-state index >= 15 is 0 Å². The lowest BCUT2D eigenvalue weighted by atomic mass is 9.82. The first-order valence-corrected chi connectivity index (χ1v) is 9.66. The summed E-state index contributed by atoms with van der Waals surface area (Å²) in [6.45, 7) is 7.88. The van der Waals surface area contributed by atoms with E-state index < -0.39 is 6.10 Å². The molecule has 0 spiro atoms. The molecular formula is C21H36NO2+. The SMILES string of the molecule is CCC(C)(C)c1ccc(OC[C@H](O)C[NH+](C)C2CCCCC2)cc1. The van der Waals surface area contributed by atoms with Crippen LogP contribution in [0.4, 0.5) is 0 Å². The van der Waals surface area contributed by atoms with E-state index in [1.165, 1.54) is 42.6 Å². The summed E-state index contributed by atoms with van der Waals surface area (Å²) < 4.78 is 5.79. The van der Waals surface area contributed by atoms with Gasteiger partial charge in [0.05, 0.1) is 13.1 Å². The molecule has 1 fully saturated rings. The van der Waals surface area contributed by atoms with Gasteiger partial charge in [-0.05, 0) is 55.2 Å². The quantitative estimate of drug-likeness (QED) is 0.766. The highest BCUT2D eigenvalue weighted by Gasteiger charge is 2.23. The minimum absolute atomic E-state index is 0.199. The van der Waals surface area contributed by atoms with Crippen molar-refractivity contribution >= 4 is 0 Å². The van der Waals surface area contributed by atoms with Gasteiger partial charge >= 0.3 is 0 Å². The topological polar surface area (TPSA) is 33.9 Å². The fourth-order valence-corrected chi connectivity index (χ4v) is 3.59. The smallest absolute Gasteiger partial charge is 0.137 e. The van der Waals surface area contributed by atoms with Gasteiger partial charge in [-0.2, -0.15) is 0 Å². The predicted molar refractivity (Wildman–Crippen MR) is 99.9 cm³/mol. The van der Waals surface area contributed by atoms with Gasteiger partial charge in [-0.1, -0.05) is 39.3 Å². The Bertz CT molecular complexity index is 477. The summed E-state index contributed by atoms with van der Waals surface area (Å²) in [4.78, 5) is 1.45. The normalized spacial score (nSPS) is 19.0. The summed E-state index contributed by atoms with van der Waals surface area (Å²) in [5.74, 6) is 0.847. The second-order valence-electron chi connectivity index (χ2n) is 8.11. The van der Waals surface area contributed by atoms with Gasteiger partial charge in [-0.3, -0.25) is 0 Å². The fraction of sp³-hybridized carbons (Fsp3) is 0.714. The molecule has 2 N–H and O–H groups in total. The molecule has 136 valence electrons. The van der Waals surface area contributed by atoms with Crippen molar-refractivity contribution in [2.75, 3.05) is 20.2 Å². The lowest BCUT2D eigenvalue weighted by Gasteiger charge is -2.29. The number of quaternary nitrogens is 1. The lowest BCUT2D eigenvalue weighted by Crippen LogP contribution is -3.14. The largest absolute Gasteiger partial charge is 0.491 e. The predicted octanol–water partition coefficient (Wildman–Crippen LogP) is 2.96. The number of likely N-dealkylation sites (N-methyl/N-ethyl adjacent to an activating group) is 1. The Labute approximate surface area is 148 Å². The molecule has 1 aromatic rings. The van der Waals surface area contributed by atoms with Crippen LogP contribution in [0.3, 0.4) is 0 Å². The van der Waals surface area contributed by atoms with E-state index in [2.05, 4.69) is 40.0 Å². The van der Waals surface area contributed by atoms with Crippen molar-refractivity contribution in [3.8, 4) is 5.75 Å². The highest BCUT2D eigenvalue weighted by Crippen LogP contribution is 2.28. The summed E-state index contributed by atoms with van der Waals surface area (Å²) in [5, 5.41) is 10.3. The number of hydrogen-bond acceptors (Lipinski definition) is 2. The second kappa shape index (κ2) is 8.87. The molecule has 0 amide bonds. The first kappa shape index (κ1) is 19.3. The second-order valence-corrected chi connectivity index (χ2v) is 8.11. The summed E-state index contributed by atoms with van der Waals surface area (Å²) in [6.07, 6.45) is 7.37. The molecule has 1 aliphatic rings. The molecule has 1 aromatic carbocycles. The standard InChI is InChI=1S/C21H35NO2/c1-5-21(2,3)17-11-13-20(14-12-17)24-16-19(23)15-22(4)18-9-7-6-8-10-18/h11-14,18-19,23H,5-10,15-16H2,1-4H3/p+1/t19-/m1/s1. The molecular weight excluding hydrogens is 298 g/mol. The van der Waals surface area contributed by atoms with Crippen LogP contribution < -0.4 is 9.64 Å². The number of aliphatic hydroxyl groups is 1. The monoisotopic (exact) mass is 334 g/mol. The Kier molecular flexibility index (Phi) is 7.12. The van der Waals surface area contributed by atoms with Crippen LogP contribution in [-0.4, -0.2) is 37.5 Å². The maximum Gasteiger partial charge on any atom is 0.137 e. The maximum absolute atomic E-state index is 10.3. The van der Waals surface area contributed by atoms with Crippen LogP contribution in [0.1, 0.15) is 64.9 Å². The van der Waals surface area contributed by atoms with E-state index in [9.17, 15) is 5.11 Å². The summed E-state index contributed by atoms with van der Waals surface area (Å²) >= 11 is 0. The van der Waals surface area contributed by atoms with Gasteiger partial charge in [0.25, 0.3) is 0 Å². The number of aliphatic hydroxyl groups excluding tert-OH is 1. The minimum atomic E-state index is -0.404. The maximum atomic E-state index is 10.3. The zero-order valence-corrected chi connectivity index (χ0v) is 16.0. The molecule has 1 saturated carbocycles. The van der Waals surface area contributed by atoms with Crippen LogP contribution in [0.15, 0.2) is 24.3 Å². The van der Waals surface area contributed by atoms with Gasteiger partial charge in [0.1, 0.15) is 25.0 Å². The van der Waals surface area contributed by atoms with Crippen molar-refractivity contribution in [3.05, 3.63) is 29.8 Å². The summed E-state index contributed by atoms with van der Waals surface area (Å²) in [5.41, 5.74) is 1.53. The van der Waals surface area contributed by atoms with Gasteiger partial charge < -0.3 is 14.7 Å². The average molecular weight is 335 g/mol. The lowest BCUT2D eigenvalue weighted by molar-refractivity contribution is -0.910. The van der Waals surface area contributed by atoms with Crippen molar-refractivity contribution in [2.45, 2.75) is 76.9 Å². The number of hydrogen-bond donors (Lipinski definition) is 2. The van der Waals surface area contributed by atoms with Crippen LogP contribution in [0.2, 0.25) is 0 Å². The third-order valence-electron chi connectivity index (χ3n) is 5.82. The van der Waals surface area contributed by atoms with Crippen molar-refractivity contribution < 1.29 is 14.7 Å². The average Bonchev–Trinajstić information content (AvgIpc) is 2.61. The summed E-state index contributed by atoms with van der Waals surface area (Å²) in [6, 6.07) is 9.05. The Morgan fingerprint density at radius 3 is 2.38 bits per heavy atom.